The van der Waals surface area contributed by atoms with E-state index in [-0.39, 0.29) is 16.7 Å². The second kappa shape index (κ2) is 4.16. The molecule has 0 radical (unpaired) electrons. The predicted molar refractivity (Wildman–Crippen MR) is 58.1 cm³/mol. The molecular weight excluding hydrogens is 216 g/mol. The number of benzene rings is 1. The van der Waals surface area contributed by atoms with Crippen molar-refractivity contribution in [2.75, 3.05) is 6.54 Å². The number of nitrogens with zero attached hydrogens (tertiary/aromatic N) is 1. The van der Waals surface area contributed by atoms with Crippen LogP contribution in [0.1, 0.15) is 24.4 Å². The number of hydrogen-bond donors (Lipinski definition) is 1. The summed E-state index contributed by atoms with van der Waals surface area (Å²) in [7, 11) is 0. The lowest BCUT2D eigenvalue weighted by Gasteiger charge is -2.12. The maximum Gasteiger partial charge on any atom is 0.275 e. The Bertz CT molecular complexity index is 389. The van der Waals surface area contributed by atoms with Crippen LogP contribution < -0.4 is 5.32 Å². The van der Waals surface area contributed by atoms with Gasteiger partial charge < -0.3 is 5.32 Å². The molecule has 5 heteroatoms. The summed E-state index contributed by atoms with van der Waals surface area (Å²) in [4.78, 5) is 10.5. The molecular formula is C10H11ClN2O2. The molecule has 0 spiro atoms. The molecule has 1 unspecified atom stereocenters. The average Bonchev–Trinajstić information content (AvgIpc) is 2.70. The number of halogens is 1. The van der Waals surface area contributed by atoms with E-state index in [4.69, 9.17) is 11.6 Å². The predicted octanol–water partition coefficient (Wildman–Crippen LogP) is 2.67. The zero-order valence-electron chi connectivity index (χ0n) is 8.07. The highest BCUT2D eigenvalue weighted by Gasteiger charge is 2.26. The molecule has 1 heterocycles. The molecule has 1 aliphatic heterocycles. The molecule has 1 saturated heterocycles. The van der Waals surface area contributed by atoms with Crippen molar-refractivity contribution < 1.29 is 4.92 Å². The summed E-state index contributed by atoms with van der Waals surface area (Å²) in [5, 5.41) is 14.5. The highest BCUT2D eigenvalue weighted by molar-refractivity contribution is 6.31. The summed E-state index contributed by atoms with van der Waals surface area (Å²) < 4.78 is 0. The summed E-state index contributed by atoms with van der Waals surface area (Å²) in [6.45, 7) is 0.896. The first-order valence-corrected chi connectivity index (χ1v) is 5.24. The second-order valence-electron chi connectivity index (χ2n) is 3.58. The van der Waals surface area contributed by atoms with E-state index in [2.05, 4.69) is 5.32 Å². The summed E-state index contributed by atoms with van der Waals surface area (Å²) in [6.07, 6.45) is 1.94. The number of nitrogens with one attached hydrogen (secondary N) is 1. The van der Waals surface area contributed by atoms with Gasteiger partial charge in [-0.3, -0.25) is 10.1 Å². The average molecular weight is 227 g/mol. The minimum absolute atomic E-state index is 0.0269. The van der Waals surface area contributed by atoms with Crippen molar-refractivity contribution in [2.45, 2.75) is 18.9 Å². The standard InChI is InChI=1S/C10H11ClN2O2/c11-7-3-1-5-9(13(14)15)10(7)8-4-2-6-12-8/h1,3,5,8,12H,2,4,6H2. The fourth-order valence-electron chi connectivity index (χ4n) is 1.96. The molecule has 1 fully saturated rings. The van der Waals surface area contributed by atoms with E-state index in [1.165, 1.54) is 6.07 Å². The Morgan fingerprint density at radius 2 is 2.33 bits per heavy atom. The molecule has 2 rings (SSSR count). The van der Waals surface area contributed by atoms with Gasteiger partial charge in [-0.15, -0.1) is 0 Å². The molecule has 0 saturated carbocycles. The van der Waals surface area contributed by atoms with Gasteiger partial charge in [0, 0.05) is 12.1 Å². The highest BCUT2D eigenvalue weighted by Crippen LogP contribution is 2.35. The molecule has 1 aromatic rings. The van der Waals surface area contributed by atoms with Crippen LogP contribution >= 0.6 is 11.6 Å². The minimum atomic E-state index is -0.374. The van der Waals surface area contributed by atoms with Gasteiger partial charge in [-0.1, -0.05) is 17.7 Å². The van der Waals surface area contributed by atoms with Crippen LogP contribution in [0.15, 0.2) is 18.2 Å². The summed E-state index contributed by atoms with van der Waals surface area (Å²) in [5.74, 6) is 0. The molecule has 0 aliphatic carbocycles. The molecule has 80 valence electrons. The third-order valence-electron chi connectivity index (χ3n) is 2.64. The summed E-state index contributed by atoms with van der Waals surface area (Å²) in [6, 6.07) is 4.84. The number of nitro groups is 1. The Balaban J connectivity index is 2.46. The third-order valence-corrected chi connectivity index (χ3v) is 2.96. The van der Waals surface area contributed by atoms with Gasteiger partial charge in [0.15, 0.2) is 0 Å². The SMILES string of the molecule is O=[N+]([O-])c1cccc(Cl)c1C1CCCN1. The smallest absolute Gasteiger partial charge is 0.275 e. The molecule has 0 amide bonds. The maximum atomic E-state index is 10.8. The first kappa shape index (κ1) is 10.4. The molecule has 0 bridgehead atoms. The lowest BCUT2D eigenvalue weighted by molar-refractivity contribution is -0.385. The topological polar surface area (TPSA) is 55.2 Å². The Labute approximate surface area is 92.4 Å². The highest BCUT2D eigenvalue weighted by atomic mass is 35.5. The summed E-state index contributed by atoms with van der Waals surface area (Å²) >= 11 is 6.01. The van der Waals surface area contributed by atoms with Crippen molar-refractivity contribution in [3.8, 4) is 0 Å². The van der Waals surface area contributed by atoms with Crippen molar-refractivity contribution in [3.63, 3.8) is 0 Å². The van der Waals surface area contributed by atoms with Gasteiger partial charge in [-0.25, -0.2) is 0 Å². The number of hydrogen-bond acceptors (Lipinski definition) is 3. The molecule has 1 aliphatic rings. The fourth-order valence-corrected chi connectivity index (χ4v) is 2.26. The van der Waals surface area contributed by atoms with Crippen LogP contribution in [-0.4, -0.2) is 11.5 Å². The van der Waals surface area contributed by atoms with Gasteiger partial charge in [0.05, 0.1) is 15.5 Å². The van der Waals surface area contributed by atoms with Gasteiger partial charge in [0.1, 0.15) is 0 Å². The van der Waals surface area contributed by atoms with E-state index in [0.29, 0.717) is 10.6 Å². The Morgan fingerprint density at radius 3 is 2.93 bits per heavy atom. The van der Waals surface area contributed by atoms with Crippen molar-refractivity contribution in [1.29, 1.82) is 0 Å². The number of rotatable bonds is 2. The lowest BCUT2D eigenvalue weighted by atomic mass is 10.0. The van der Waals surface area contributed by atoms with Crippen molar-refractivity contribution in [3.05, 3.63) is 38.9 Å². The van der Waals surface area contributed by atoms with E-state index < -0.39 is 0 Å². The lowest BCUT2D eigenvalue weighted by Crippen LogP contribution is -2.14. The fraction of sp³-hybridized carbons (Fsp3) is 0.400. The van der Waals surface area contributed by atoms with Crippen molar-refractivity contribution in [2.24, 2.45) is 0 Å². The van der Waals surface area contributed by atoms with Crippen LogP contribution in [0.2, 0.25) is 5.02 Å². The molecule has 15 heavy (non-hydrogen) atoms. The van der Waals surface area contributed by atoms with Crippen molar-refractivity contribution in [1.82, 2.24) is 5.32 Å². The normalized spacial score (nSPS) is 20.5. The third kappa shape index (κ3) is 1.96. The quantitative estimate of drug-likeness (QED) is 0.623. The van der Waals surface area contributed by atoms with Crippen LogP contribution in [0.25, 0.3) is 0 Å². The van der Waals surface area contributed by atoms with Crippen LogP contribution in [-0.2, 0) is 0 Å². The number of nitro benzene ring substituents is 1. The van der Waals surface area contributed by atoms with Crippen LogP contribution in [0, 0.1) is 10.1 Å². The molecule has 4 nitrogen and oxygen atoms in total. The van der Waals surface area contributed by atoms with Gasteiger partial charge in [0.2, 0.25) is 0 Å². The first-order chi connectivity index (χ1) is 7.20. The largest absolute Gasteiger partial charge is 0.310 e. The van der Waals surface area contributed by atoms with E-state index in [1.54, 1.807) is 12.1 Å². The first-order valence-electron chi connectivity index (χ1n) is 4.86. The Hall–Kier alpha value is -1.13. The zero-order chi connectivity index (χ0) is 10.8. The zero-order valence-corrected chi connectivity index (χ0v) is 8.83. The Morgan fingerprint density at radius 1 is 1.53 bits per heavy atom. The van der Waals surface area contributed by atoms with E-state index in [1.807, 2.05) is 0 Å². The summed E-state index contributed by atoms with van der Waals surface area (Å²) in [5.41, 5.74) is 0.739. The van der Waals surface area contributed by atoms with Gasteiger partial charge in [0.25, 0.3) is 5.69 Å². The van der Waals surface area contributed by atoms with Gasteiger partial charge in [-0.2, -0.15) is 0 Å². The van der Waals surface area contributed by atoms with Crippen molar-refractivity contribution >= 4 is 17.3 Å². The van der Waals surface area contributed by atoms with E-state index >= 15 is 0 Å². The van der Waals surface area contributed by atoms with Crippen LogP contribution in [0.5, 0.6) is 0 Å². The van der Waals surface area contributed by atoms with Gasteiger partial charge in [-0.05, 0) is 25.5 Å². The molecule has 1 atom stereocenters. The second-order valence-corrected chi connectivity index (χ2v) is 3.99. The van der Waals surface area contributed by atoms with Gasteiger partial charge >= 0.3 is 0 Å². The molecule has 1 N–H and O–H groups in total. The molecule has 0 aromatic heterocycles. The maximum absolute atomic E-state index is 10.8. The molecule has 1 aromatic carbocycles. The van der Waals surface area contributed by atoms with E-state index in [0.717, 1.165) is 19.4 Å². The Kier molecular flexibility index (Phi) is 2.88. The monoisotopic (exact) mass is 226 g/mol. The van der Waals surface area contributed by atoms with E-state index in [9.17, 15) is 10.1 Å². The minimum Gasteiger partial charge on any atom is -0.310 e. The van der Waals surface area contributed by atoms with Crippen LogP contribution in [0.3, 0.4) is 0 Å². The van der Waals surface area contributed by atoms with Crippen LogP contribution in [0.4, 0.5) is 5.69 Å².